The van der Waals surface area contributed by atoms with Crippen molar-refractivity contribution in [3.05, 3.63) is 69.2 Å². The number of hydrogen-bond acceptors (Lipinski definition) is 6. The zero-order valence-corrected chi connectivity index (χ0v) is 23.7. The molecule has 39 heavy (non-hydrogen) atoms. The van der Waals surface area contributed by atoms with Crippen LogP contribution in [0.2, 0.25) is 5.02 Å². The molecule has 3 heterocycles. The molecule has 1 aromatic heterocycles. The number of ether oxygens (including phenoxy) is 1. The van der Waals surface area contributed by atoms with Crippen molar-refractivity contribution in [2.75, 3.05) is 13.1 Å². The number of thioether (sulfide) groups is 1. The molecule has 6 rings (SSSR count). The van der Waals surface area contributed by atoms with Crippen LogP contribution < -0.4 is 5.32 Å². The van der Waals surface area contributed by atoms with Crippen LogP contribution in [0.4, 0.5) is 4.79 Å². The minimum absolute atomic E-state index is 0.217. The van der Waals surface area contributed by atoms with Gasteiger partial charge in [0.25, 0.3) is 5.91 Å². The van der Waals surface area contributed by atoms with Crippen LogP contribution in [-0.2, 0) is 16.1 Å². The van der Waals surface area contributed by atoms with Crippen LogP contribution in [0.5, 0.6) is 0 Å². The van der Waals surface area contributed by atoms with E-state index in [-0.39, 0.29) is 17.6 Å². The van der Waals surface area contributed by atoms with E-state index in [9.17, 15) is 9.59 Å². The zero-order chi connectivity index (χ0) is 27.3. The Kier molecular flexibility index (Phi) is 6.67. The quantitative estimate of drug-likeness (QED) is 0.395. The van der Waals surface area contributed by atoms with Gasteiger partial charge in [0.1, 0.15) is 6.10 Å². The average molecular weight is 564 g/mol. The SMILES string of the molecule is CC(C)(C)NC(=O)OC1CN(C2=NC(=O)C(=Cc3ccc4c(cnn4Cc4ccc(Cl)cc4C4CC4)c3)S2)C1. The Balaban J connectivity index is 1.10. The highest BCUT2D eigenvalue weighted by Crippen LogP contribution is 2.43. The van der Waals surface area contributed by atoms with Crippen molar-refractivity contribution in [2.45, 2.75) is 57.7 Å². The Bertz CT molecular complexity index is 1530. The lowest BCUT2D eigenvalue weighted by Gasteiger charge is -2.39. The summed E-state index contributed by atoms with van der Waals surface area (Å²) in [6, 6.07) is 12.2. The fourth-order valence-electron chi connectivity index (χ4n) is 4.81. The number of aliphatic imine (C=N–C) groups is 1. The molecule has 8 nitrogen and oxygen atoms in total. The van der Waals surface area contributed by atoms with Gasteiger partial charge in [0.05, 0.1) is 36.3 Å². The molecule has 3 aliphatic rings. The van der Waals surface area contributed by atoms with E-state index in [0.717, 1.165) is 21.5 Å². The maximum Gasteiger partial charge on any atom is 0.407 e. The summed E-state index contributed by atoms with van der Waals surface area (Å²) in [7, 11) is 0. The smallest absolute Gasteiger partial charge is 0.407 e. The monoisotopic (exact) mass is 563 g/mol. The maximum absolute atomic E-state index is 12.6. The number of aromatic nitrogens is 2. The van der Waals surface area contributed by atoms with Crippen LogP contribution in [-0.4, -0.2) is 56.6 Å². The summed E-state index contributed by atoms with van der Waals surface area (Å²) < 4.78 is 7.45. The molecule has 0 bridgehead atoms. The van der Waals surface area contributed by atoms with Gasteiger partial charge in [-0.2, -0.15) is 10.1 Å². The second-order valence-corrected chi connectivity index (χ2v) is 12.8. The van der Waals surface area contributed by atoms with Gasteiger partial charge in [-0.3, -0.25) is 9.48 Å². The van der Waals surface area contributed by atoms with Crippen molar-refractivity contribution in [1.29, 1.82) is 0 Å². The van der Waals surface area contributed by atoms with Crippen molar-refractivity contribution < 1.29 is 14.3 Å². The van der Waals surface area contributed by atoms with Gasteiger partial charge in [0, 0.05) is 15.9 Å². The highest BCUT2D eigenvalue weighted by molar-refractivity contribution is 8.18. The largest absolute Gasteiger partial charge is 0.442 e. The zero-order valence-electron chi connectivity index (χ0n) is 22.1. The number of amidine groups is 1. The number of rotatable bonds is 5. The molecule has 1 N–H and O–H groups in total. The predicted octanol–water partition coefficient (Wildman–Crippen LogP) is 5.79. The molecule has 2 aliphatic heterocycles. The number of nitrogens with one attached hydrogen (secondary N) is 1. The number of nitrogens with zero attached hydrogens (tertiary/aromatic N) is 4. The van der Waals surface area contributed by atoms with Crippen LogP contribution in [0.3, 0.4) is 0 Å². The van der Waals surface area contributed by atoms with E-state index in [1.54, 1.807) is 0 Å². The molecule has 3 aromatic rings. The molecule has 202 valence electrons. The second kappa shape index (κ2) is 10.0. The fourth-order valence-corrected chi connectivity index (χ4v) is 5.92. The van der Waals surface area contributed by atoms with Crippen molar-refractivity contribution in [1.82, 2.24) is 20.0 Å². The van der Waals surface area contributed by atoms with E-state index in [0.29, 0.717) is 35.6 Å². The van der Waals surface area contributed by atoms with Crippen LogP contribution in [0.25, 0.3) is 17.0 Å². The average Bonchev–Trinajstić information content (AvgIpc) is 3.52. The Morgan fingerprint density at radius 1 is 1.21 bits per heavy atom. The van der Waals surface area contributed by atoms with E-state index >= 15 is 0 Å². The Morgan fingerprint density at radius 3 is 2.74 bits per heavy atom. The third-order valence-electron chi connectivity index (χ3n) is 6.89. The lowest BCUT2D eigenvalue weighted by atomic mass is 10.0. The number of hydrogen-bond donors (Lipinski definition) is 1. The van der Waals surface area contributed by atoms with Gasteiger partial charge in [0.15, 0.2) is 5.17 Å². The van der Waals surface area contributed by atoms with E-state index in [1.807, 2.05) is 66.9 Å². The summed E-state index contributed by atoms with van der Waals surface area (Å²) in [6.45, 7) is 7.44. The van der Waals surface area contributed by atoms with Crippen molar-refractivity contribution in [3.63, 3.8) is 0 Å². The summed E-state index contributed by atoms with van der Waals surface area (Å²) in [5, 5.41) is 9.87. The first-order chi connectivity index (χ1) is 18.6. The van der Waals surface area contributed by atoms with Crippen LogP contribution in [0.15, 0.2) is 52.5 Å². The fraction of sp³-hybridized carbons (Fsp3) is 0.379. The summed E-state index contributed by atoms with van der Waals surface area (Å²) in [5.74, 6) is 0.353. The minimum atomic E-state index is -0.431. The number of benzene rings is 2. The normalized spacial score (nSPS) is 19.0. The number of halogens is 1. The van der Waals surface area contributed by atoms with Crippen molar-refractivity contribution in [3.8, 4) is 0 Å². The Labute approximate surface area is 236 Å². The van der Waals surface area contributed by atoms with Gasteiger partial charge in [-0.25, -0.2) is 4.79 Å². The number of alkyl carbamates (subject to hydrolysis) is 1. The first-order valence-electron chi connectivity index (χ1n) is 13.1. The molecule has 1 aliphatic carbocycles. The summed E-state index contributed by atoms with van der Waals surface area (Å²) in [5.41, 5.74) is 4.19. The first kappa shape index (κ1) is 26.0. The standard InChI is InChI=1S/C29H30ClN5O3S/c1-29(2,3)33-28(37)38-22-15-34(16-22)27-32-26(36)25(39-27)11-17-4-9-24-20(10-17)13-31-35(24)14-19-7-8-21(30)12-23(19)18-5-6-18/h4,7-13,18,22H,5-6,14-16H2,1-3H3,(H,33,37). The van der Waals surface area contributed by atoms with E-state index in [4.69, 9.17) is 16.3 Å². The second-order valence-electron chi connectivity index (χ2n) is 11.4. The summed E-state index contributed by atoms with van der Waals surface area (Å²) >= 11 is 7.61. The van der Waals surface area contributed by atoms with E-state index < -0.39 is 6.09 Å². The summed E-state index contributed by atoms with van der Waals surface area (Å²) in [6.07, 6.45) is 5.52. The molecule has 0 spiro atoms. The van der Waals surface area contributed by atoms with Gasteiger partial charge in [-0.1, -0.05) is 23.7 Å². The Morgan fingerprint density at radius 2 is 2.00 bits per heavy atom. The van der Waals surface area contributed by atoms with Gasteiger partial charge in [-0.05, 0) is 98.3 Å². The number of amides is 2. The molecule has 0 unspecified atom stereocenters. The van der Waals surface area contributed by atoms with Gasteiger partial charge < -0.3 is 15.0 Å². The lowest BCUT2D eigenvalue weighted by molar-refractivity contribution is -0.113. The number of carbonyl (C=O) groups excluding carboxylic acids is 2. The molecular formula is C29H30ClN5O3S. The molecule has 1 saturated heterocycles. The van der Waals surface area contributed by atoms with Gasteiger partial charge >= 0.3 is 6.09 Å². The molecule has 1 saturated carbocycles. The molecule has 2 fully saturated rings. The third kappa shape index (κ3) is 5.84. The number of fused-ring (bicyclic) bond motifs is 1. The predicted molar refractivity (Wildman–Crippen MR) is 155 cm³/mol. The van der Waals surface area contributed by atoms with E-state index in [2.05, 4.69) is 27.5 Å². The molecular weight excluding hydrogens is 534 g/mol. The van der Waals surface area contributed by atoms with Gasteiger partial charge in [0.2, 0.25) is 0 Å². The first-order valence-corrected chi connectivity index (χ1v) is 14.3. The van der Waals surface area contributed by atoms with E-state index in [1.165, 1.54) is 35.7 Å². The third-order valence-corrected chi connectivity index (χ3v) is 8.17. The number of carbonyl (C=O) groups is 2. The van der Waals surface area contributed by atoms with Crippen molar-refractivity contribution in [2.24, 2.45) is 4.99 Å². The van der Waals surface area contributed by atoms with Gasteiger partial charge in [-0.15, -0.1) is 0 Å². The maximum atomic E-state index is 12.6. The highest BCUT2D eigenvalue weighted by Gasteiger charge is 2.37. The topological polar surface area (TPSA) is 88.8 Å². The molecule has 0 radical (unpaired) electrons. The molecule has 10 heteroatoms. The Hall–Kier alpha value is -3.30. The molecule has 0 atom stereocenters. The number of likely N-dealkylation sites (tertiary alicyclic amines) is 1. The summed E-state index contributed by atoms with van der Waals surface area (Å²) in [4.78, 5) is 31.3. The lowest BCUT2D eigenvalue weighted by Crippen LogP contribution is -2.56. The van der Waals surface area contributed by atoms with Crippen LogP contribution in [0, 0.1) is 0 Å². The highest BCUT2D eigenvalue weighted by atomic mass is 35.5. The van der Waals surface area contributed by atoms with Crippen molar-refractivity contribution >= 4 is 57.5 Å². The van der Waals surface area contributed by atoms with Crippen LogP contribution in [0.1, 0.15) is 56.2 Å². The molecule has 2 amide bonds. The minimum Gasteiger partial charge on any atom is -0.442 e. The van der Waals surface area contributed by atoms with Crippen LogP contribution >= 0.6 is 23.4 Å². The molecule has 2 aromatic carbocycles.